The summed E-state index contributed by atoms with van der Waals surface area (Å²) in [7, 11) is 0. The Morgan fingerprint density at radius 2 is 2.11 bits per heavy atom. The fourth-order valence-corrected chi connectivity index (χ4v) is 3.32. The number of aromatic carboxylic acids is 1. The van der Waals surface area contributed by atoms with Crippen molar-refractivity contribution in [3.63, 3.8) is 0 Å². The molecule has 2 N–H and O–H groups in total. The largest absolute Gasteiger partial charge is 0.478 e. The van der Waals surface area contributed by atoms with E-state index in [1.165, 1.54) is 11.3 Å². The topological polar surface area (TPSA) is 75.6 Å². The molecule has 0 fully saturated rings. The average Bonchev–Trinajstić information content (AvgIpc) is 2.74. The van der Waals surface area contributed by atoms with E-state index in [0.717, 1.165) is 29.7 Å². The molecule has 0 radical (unpaired) electrons. The minimum Gasteiger partial charge on any atom is -0.478 e. The van der Waals surface area contributed by atoms with E-state index in [1.807, 2.05) is 0 Å². The van der Waals surface area contributed by atoms with E-state index in [-0.39, 0.29) is 11.7 Å². The molecule has 1 aliphatic carbocycles. The maximum absolute atomic E-state index is 11.5. The van der Waals surface area contributed by atoms with Crippen molar-refractivity contribution in [2.24, 2.45) is 0 Å². The van der Waals surface area contributed by atoms with Crippen molar-refractivity contribution in [1.82, 2.24) is 0 Å². The Bertz CT molecular complexity index is 493. The summed E-state index contributed by atoms with van der Waals surface area (Å²) in [5.41, 5.74) is 1.10. The Morgan fingerprint density at radius 1 is 1.39 bits per heavy atom. The molecule has 6 heteroatoms. The zero-order valence-electron chi connectivity index (χ0n) is 10.3. The number of ether oxygens (including phenoxy) is 1. The standard InChI is InChI=1S/C12H15NO4S/c1-6(2)17-12(16)13-10-9(11(14)15)7-4-3-5-8(7)18-10/h6H,3-5H2,1-2H3,(H,13,16)(H,14,15). The zero-order valence-corrected chi connectivity index (χ0v) is 11.1. The van der Waals surface area contributed by atoms with Crippen LogP contribution in [0, 0.1) is 0 Å². The van der Waals surface area contributed by atoms with Crippen LogP contribution in [0.15, 0.2) is 0 Å². The van der Waals surface area contributed by atoms with E-state index in [0.29, 0.717) is 5.00 Å². The molecule has 1 aliphatic rings. The number of hydrogen-bond donors (Lipinski definition) is 2. The van der Waals surface area contributed by atoms with Crippen LogP contribution in [-0.4, -0.2) is 23.3 Å². The fourth-order valence-electron chi connectivity index (χ4n) is 2.05. The normalized spacial score (nSPS) is 13.5. The van der Waals surface area contributed by atoms with Crippen molar-refractivity contribution < 1.29 is 19.4 Å². The van der Waals surface area contributed by atoms with Crippen LogP contribution in [0.25, 0.3) is 0 Å². The van der Waals surface area contributed by atoms with Gasteiger partial charge in [-0.2, -0.15) is 0 Å². The molecule has 0 aromatic carbocycles. The van der Waals surface area contributed by atoms with Crippen LogP contribution in [0.3, 0.4) is 0 Å². The van der Waals surface area contributed by atoms with Crippen LogP contribution in [0.1, 0.15) is 41.1 Å². The van der Waals surface area contributed by atoms with Gasteiger partial charge in [0.05, 0.1) is 11.7 Å². The van der Waals surface area contributed by atoms with E-state index >= 15 is 0 Å². The number of rotatable bonds is 3. The van der Waals surface area contributed by atoms with E-state index < -0.39 is 12.1 Å². The molecule has 5 nitrogen and oxygen atoms in total. The molecule has 1 heterocycles. The van der Waals surface area contributed by atoms with E-state index in [9.17, 15) is 14.7 Å². The predicted molar refractivity (Wildman–Crippen MR) is 68.5 cm³/mol. The van der Waals surface area contributed by atoms with Crippen LogP contribution in [-0.2, 0) is 17.6 Å². The molecule has 0 atom stereocenters. The quantitative estimate of drug-likeness (QED) is 0.884. The first-order chi connectivity index (χ1) is 8.49. The number of nitrogens with one attached hydrogen (secondary N) is 1. The van der Waals surface area contributed by atoms with Crippen LogP contribution < -0.4 is 5.32 Å². The first kappa shape index (κ1) is 12.9. The molecule has 1 aromatic rings. The number of carbonyl (C=O) groups is 2. The van der Waals surface area contributed by atoms with Crippen molar-refractivity contribution in [1.29, 1.82) is 0 Å². The molecule has 0 saturated heterocycles. The summed E-state index contributed by atoms with van der Waals surface area (Å²) in [5, 5.41) is 12.1. The maximum atomic E-state index is 11.5. The summed E-state index contributed by atoms with van der Waals surface area (Å²) < 4.78 is 4.95. The van der Waals surface area contributed by atoms with Gasteiger partial charge in [-0.3, -0.25) is 5.32 Å². The molecule has 0 aliphatic heterocycles. The number of carboxylic acids is 1. The monoisotopic (exact) mass is 269 g/mol. The smallest absolute Gasteiger partial charge is 0.412 e. The van der Waals surface area contributed by atoms with Crippen molar-refractivity contribution in [2.75, 3.05) is 5.32 Å². The molecule has 0 bridgehead atoms. The number of carboxylic acid groups (broad SMARTS) is 1. The minimum absolute atomic E-state index is 0.230. The highest BCUT2D eigenvalue weighted by atomic mass is 32.1. The highest BCUT2D eigenvalue weighted by Crippen LogP contribution is 2.39. The third-order valence-electron chi connectivity index (χ3n) is 2.69. The number of anilines is 1. The average molecular weight is 269 g/mol. The number of hydrogen-bond acceptors (Lipinski definition) is 4. The van der Waals surface area contributed by atoms with Crippen LogP contribution >= 0.6 is 11.3 Å². The van der Waals surface area contributed by atoms with Crippen molar-refractivity contribution in [2.45, 2.75) is 39.2 Å². The van der Waals surface area contributed by atoms with E-state index in [2.05, 4.69) is 5.32 Å². The van der Waals surface area contributed by atoms with E-state index in [1.54, 1.807) is 13.8 Å². The van der Waals surface area contributed by atoms with Crippen molar-refractivity contribution in [3.05, 3.63) is 16.0 Å². The lowest BCUT2D eigenvalue weighted by molar-refractivity contribution is 0.0697. The van der Waals surface area contributed by atoms with Crippen LogP contribution in [0.4, 0.5) is 9.80 Å². The second kappa shape index (κ2) is 4.97. The van der Waals surface area contributed by atoms with Gasteiger partial charge in [-0.05, 0) is 38.7 Å². The molecule has 0 saturated carbocycles. The van der Waals surface area contributed by atoms with E-state index in [4.69, 9.17) is 4.74 Å². The van der Waals surface area contributed by atoms with Crippen molar-refractivity contribution in [3.8, 4) is 0 Å². The number of carbonyl (C=O) groups excluding carboxylic acids is 1. The maximum Gasteiger partial charge on any atom is 0.412 e. The summed E-state index contributed by atoms with van der Waals surface area (Å²) in [5.74, 6) is -0.991. The summed E-state index contributed by atoms with van der Waals surface area (Å²) in [6, 6.07) is 0. The Labute approximate surface area is 109 Å². The van der Waals surface area contributed by atoms with Gasteiger partial charge in [-0.25, -0.2) is 9.59 Å². The molecular weight excluding hydrogens is 254 g/mol. The lowest BCUT2D eigenvalue weighted by atomic mass is 10.1. The second-order valence-electron chi connectivity index (χ2n) is 4.45. The van der Waals surface area contributed by atoms with Crippen LogP contribution in [0.2, 0.25) is 0 Å². The Kier molecular flexibility index (Phi) is 3.56. The highest BCUT2D eigenvalue weighted by molar-refractivity contribution is 7.17. The molecule has 18 heavy (non-hydrogen) atoms. The zero-order chi connectivity index (χ0) is 13.3. The van der Waals surface area contributed by atoms with Gasteiger partial charge in [0.2, 0.25) is 0 Å². The summed E-state index contributed by atoms with van der Waals surface area (Å²) >= 11 is 1.34. The summed E-state index contributed by atoms with van der Waals surface area (Å²) in [6.45, 7) is 3.48. The Balaban J connectivity index is 2.23. The molecule has 2 rings (SSSR count). The summed E-state index contributed by atoms with van der Waals surface area (Å²) in [4.78, 5) is 23.8. The SMILES string of the molecule is CC(C)OC(=O)Nc1sc2c(c1C(=O)O)CCC2. The molecule has 0 spiro atoms. The minimum atomic E-state index is -0.991. The third-order valence-corrected chi connectivity index (χ3v) is 3.90. The van der Waals surface area contributed by atoms with Gasteiger partial charge in [0, 0.05) is 4.88 Å². The molecule has 1 amide bonds. The van der Waals surface area contributed by atoms with Crippen molar-refractivity contribution >= 4 is 28.4 Å². The van der Waals surface area contributed by atoms with Gasteiger partial charge in [-0.15, -0.1) is 11.3 Å². The van der Waals surface area contributed by atoms with Crippen LogP contribution in [0.5, 0.6) is 0 Å². The van der Waals surface area contributed by atoms with Gasteiger partial charge in [-0.1, -0.05) is 0 Å². The number of amides is 1. The Morgan fingerprint density at radius 3 is 2.72 bits per heavy atom. The van der Waals surface area contributed by atoms with Gasteiger partial charge in [0.1, 0.15) is 5.00 Å². The molecule has 1 aromatic heterocycles. The predicted octanol–water partition coefficient (Wildman–Crippen LogP) is 2.89. The van der Waals surface area contributed by atoms with Gasteiger partial charge in [0.25, 0.3) is 0 Å². The lowest BCUT2D eigenvalue weighted by Crippen LogP contribution is -2.18. The molecule has 0 unspecified atom stereocenters. The van der Waals surface area contributed by atoms with Gasteiger partial charge < -0.3 is 9.84 Å². The summed E-state index contributed by atoms with van der Waals surface area (Å²) in [6.07, 6.45) is 1.81. The fraction of sp³-hybridized carbons (Fsp3) is 0.500. The molecule has 98 valence electrons. The number of fused-ring (bicyclic) bond motifs is 1. The number of thiophene rings is 1. The number of aryl methyl sites for hydroxylation is 1. The highest BCUT2D eigenvalue weighted by Gasteiger charge is 2.27. The van der Waals surface area contributed by atoms with Gasteiger partial charge in [0.15, 0.2) is 0 Å². The molecular formula is C12H15NO4S. The first-order valence-corrected chi connectivity index (χ1v) is 6.66. The Hall–Kier alpha value is -1.56. The second-order valence-corrected chi connectivity index (χ2v) is 5.55. The first-order valence-electron chi connectivity index (χ1n) is 5.84. The van der Waals surface area contributed by atoms with Gasteiger partial charge >= 0.3 is 12.1 Å². The third kappa shape index (κ3) is 2.48. The lowest BCUT2D eigenvalue weighted by Gasteiger charge is -2.09.